The number of benzene rings is 3. The van der Waals surface area contributed by atoms with E-state index in [1.807, 2.05) is 31.2 Å². The van der Waals surface area contributed by atoms with Gasteiger partial charge in [-0.15, -0.1) is 0 Å². The Bertz CT molecular complexity index is 1440. The van der Waals surface area contributed by atoms with Gasteiger partial charge < -0.3 is 20.1 Å². The van der Waals surface area contributed by atoms with Gasteiger partial charge >= 0.3 is 5.97 Å². The number of carboxylic acids is 1. The van der Waals surface area contributed by atoms with E-state index in [2.05, 4.69) is 11.4 Å². The summed E-state index contributed by atoms with van der Waals surface area (Å²) in [4.78, 5) is 40.7. The van der Waals surface area contributed by atoms with Gasteiger partial charge in [0.2, 0.25) is 5.91 Å². The highest BCUT2D eigenvalue weighted by Crippen LogP contribution is 2.44. The van der Waals surface area contributed by atoms with Crippen molar-refractivity contribution in [2.24, 2.45) is 0 Å². The number of morpholine rings is 1. The Kier molecular flexibility index (Phi) is 10.6. The van der Waals surface area contributed by atoms with Crippen LogP contribution in [0.2, 0.25) is 10.0 Å². The molecule has 3 aromatic carbocycles. The number of nitriles is 1. The summed E-state index contributed by atoms with van der Waals surface area (Å²) in [7, 11) is 0. The van der Waals surface area contributed by atoms with Crippen LogP contribution in [0.5, 0.6) is 0 Å². The summed E-state index contributed by atoms with van der Waals surface area (Å²) in [5.74, 6) is -1.83. The smallest absolute Gasteiger partial charge is 0.305 e. The van der Waals surface area contributed by atoms with Gasteiger partial charge in [0, 0.05) is 23.0 Å². The number of carboxylic acid groups (broad SMARTS) is 1. The number of carbonyl (C=O) groups is 3. The third-order valence-corrected chi connectivity index (χ3v) is 7.68. The molecule has 1 aliphatic rings. The molecule has 1 heterocycles. The maximum atomic E-state index is 14.4. The van der Waals surface area contributed by atoms with Gasteiger partial charge in [-0.25, -0.2) is 0 Å². The van der Waals surface area contributed by atoms with Crippen molar-refractivity contribution in [3.05, 3.63) is 105 Å². The quantitative estimate of drug-likeness (QED) is 0.281. The Morgan fingerprint density at radius 3 is 2.14 bits per heavy atom. The molecule has 0 spiro atoms. The van der Waals surface area contributed by atoms with Gasteiger partial charge in [-0.2, -0.15) is 5.26 Å². The molecule has 0 bridgehead atoms. The molecular formula is C32H31Cl2N3O5. The molecule has 2 amide bonds. The summed E-state index contributed by atoms with van der Waals surface area (Å²) in [6, 6.07) is 21.7. The molecule has 10 heteroatoms. The van der Waals surface area contributed by atoms with Crippen LogP contribution in [0, 0.1) is 11.3 Å². The summed E-state index contributed by atoms with van der Waals surface area (Å²) >= 11 is 12.4. The molecule has 0 unspecified atom stereocenters. The lowest BCUT2D eigenvalue weighted by Gasteiger charge is -2.47. The number of halogens is 2. The van der Waals surface area contributed by atoms with Crippen LogP contribution < -0.4 is 5.32 Å². The van der Waals surface area contributed by atoms with Gasteiger partial charge in [0.15, 0.2) is 0 Å². The van der Waals surface area contributed by atoms with Crippen molar-refractivity contribution in [1.29, 1.82) is 5.26 Å². The van der Waals surface area contributed by atoms with Gasteiger partial charge in [0.25, 0.3) is 5.91 Å². The van der Waals surface area contributed by atoms with Crippen LogP contribution in [-0.4, -0.2) is 46.5 Å². The van der Waals surface area contributed by atoms with E-state index in [1.54, 1.807) is 53.4 Å². The van der Waals surface area contributed by atoms with Gasteiger partial charge in [0.05, 0.1) is 24.1 Å². The van der Waals surface area contributed by atoms with Crippen LogP contribution in [0.1, 0.15) is 60.6 Å². The van der Waals surface area contributed by atoms with Gasteiger partial charge in [-0.05, 0) is 59.5 Å². The second-order valence-corrected chi connectivity index (χ2v) is 11.0. The second-order valence-electron chi connectivity index (χ2n) is 10.1. The monoisotopic (exact) mass is 607 g/mol. The number of ether oxygens (including phenoxy) is 1. The molecule has 1 saturated heterocycles. The Morgan fingerprint density at radius 1 is 1.00 bits per heavy atom. The van der Waals surface area contributed by atoms with Gasteiger partial charge in [-0.3, -0.25) is 14.4 Å². The number of hydrogen-bond acceptors (Lipinski definition) is 5. The predicted molar refractivity (Wildman–Crippen MR) is 159 cm³/mol. The van der Waals surface area contributed by atoms with Crippen LogP contribution in [0.25, 0.3) is 0 Å². The minimum Gasteiger partial charge on any atom is -0.481 e. The Balaban J connectivity index is 1.82. The Hall–Kier alpha value is -3.90. The first kappa shape index (κ1) is 31.0. The highest BCUT2D eigenvalue weighted by molar-refractivity contribution is 6.30. The maximum Gasteiger partial charge on any atom is 0.305 e. The summed E-state index contributed by atoms with van der Waals surface area (Å²) in [5, 5.41) is 22.1. The van der Waals surface area contributed by atoms with Crippen molar-refractivity contribution in [3.63, 3.8) is 0 Å². The lowest BCUT2D eigenvalue weighted by atomic mass is 9.88. The van der Waals surface area contributed by atoms with E-state index in [9.17, 15) is 19.6 Å². The normalized spacial score (nSPS) is 19.1. The van der Waals surface area contributed by atoms with Crippen molar-refractivity contribution in [2.45, 2.75) is 56.9 Å². The highest BCUT2D eigenvalue weighted by atomic mass is 35.5. The van der Waals surface area contributed by atoms with E-state index in [4.69, 9.17) is 33.0 Å². The number of nitrogens with one attached hydrogen (secondary N) is 1. The molecule has 0 aliphatic carbocycles. The van der Waals surface area contributed by atoms with Gasteiger partial charge in [-0.1, -0.05) is 72.9 Å². The average Bonchev–Trinajstić information content (AvgIpc) is 2.98. The molecule has 0 aromatic heterocycles. The zero-order valence-electron chi connectivity index (χ0n) is 23.0. The molecule has 1 fully saturated rings. The topological polar surface area (TPSA) is 120 Å². The summed E-state index contributed by atoms with van der Waals surface area (Å²) in [6.07, 6.45) is -0.675. The third-order valence-electron chi connectivity index (χ3n) is 7.18. The zero-order chi connectivity index (χ0) is 30.2. The molecule has 42 heavy (non-hydrogen) atoms. The fourth-order valence-corrected chi connectivity index (χ4v) is 5.41. The molecule has 218 valence electrons. The average molecular weight is 609 g/mol. The molecule has 3 aromatic rings. The van der Waals surface area contributed by atoms with Crippen LogP contribution in [0.15, 0.2) is 72.8 Å². The lowest BCUT2D eigenvalue weighted by molar-refractivity contribution is -0.181. The van der Waals surface area contributed by atoms with Crippen LogP contribution >= 0.6 is 23.2 Å². The standard InChI is InChI=1S/C32H31Cl2N3O5/c1-2-3-26(31(40)36-17-16-28(38)39)37-29(22-8-12-24(33)13-9-22)30(23-10-14-25(34)15-11-23)42-27(32(37)41)18-20-4-6-21(19-35)7-5-20/h4-15,26-27,29-30H,2-3,16-18H2,1H3,(H,36,40)(H,38,39)/t26-,27-,29+,30-/m0/s1. The number of amides is 2. The largest absolute Gasteiger partial charge is 0.481 e. The predicted octanol–water partition coefficient (Wildman–Crippen LogP) is 5.88. The third kappa shape index (κ3) is 7.48. The summed E-state index contributed by atoms with van der Waals surface area (Å²) < 4.78 is 6.59. The minimum atomic E-state index is -1.03. The molecule has 8 nitrogen and oxygen atoms in total. The lowest BCUT2D eigenvalue weighted by Crippen LogP contribution is -2.59. The fraction of sp³-hybridized carbons (Fsp3) is 0.312. The van der Waals surface area contributed by atoms with Crippen molar-refractivity contribution in [1.82, 2.24) is 10.2 Å². The number of nitrogens with zero attached hydrogens (tertiary/aromatic N) is 2. The number of hydrogen-bond donors (Lipinski definition) is 2. The Labute approximate surface area is 254 Å². The number of rotatable bonds is 11. The van der Waals surface area contributed by atoms with Crippen molar-refractivity contribution in [2.75, 3.05) is 6.54 Å². The van der Waals surface area contributed by atoms with Crippen molar-refractivity contribution < 1.29 is 24.2 Å². The van der Waals surface area contributed by atoms with Crippen molar-refractivity contribution >= 4 is 41.0 Å². The molecule has 1 aliphatic heterocycles. The zero-order valence-corrected chi connectivity index (χ0v) is 24.5. The molecule has 2 N–H and O–H groups in total. The fourth-order valence-electron chi connectivity index (χ4n) is 5.16. The molecule has 4 rings (SSSR count). The number of aliphatic carboxylic acids is 1. The number of carbonyl (C=O) groups excluding carboxylic acids is 2. The molecule has 0 radical (unpaired) electrons. The van der Waals surface area contributed by atoms with E-state index in [1.165, 1.54) is 0 Å². The van der Waals surface area contributed by atoms with E-state index >= 15 is 0 Å². The minimum absolute atomic E-state index is 0.0617. The van der Waals surface area contributed by atoms with Crippen LogP contribution in [-0.2, 0) is 25.5 Å². The van der Waals surface area contributed by atoms with E-state index in [0.717, 1.165) is 16.7 Å². The highest BCUT2D eigenvalue weighted by Gasteiger charge is 2.48. The molecular weight excluding hydrogens is 577 g/mol. The first-order chi connectivity index (χ1) is 20.2. The SMILES string of the molecule is CCC[C@@H](C(=O)NCCC(=O)O)N1C(=O)[C@H](Cc2ccc(C#N)cc2)O[C@@H](c2ccc(Cl)cc2)[C@H]1c1ccc(Cl)cc1. The first-order valence-corrected chi connectivity index (χ1v) is 14.4. The van der Waals surface area contributed by atoms with E-state index < -0.39 is 36.2 Å². The molecule has 0 saturated carbocycles. The maximum absolute atomic E-state index is 14.4. The summed E-state index contributed by atoms with van der Waals surface area (Å²) in [6.45, 7) is 1.86. The van der Waals surface area contributed by atoms with E-state index in [0.29, 0.717) is 28.5 Å². The Morgan fingerprint density at radius 2 is 1.60 bits per heavy atom. The van der Waals surface area contributed by atoms with E-state index in [-0.39, 0.29) is 25.3 Å². The van der Waals surface area contributed by atoms with Crippen LogP contribution in [0.3, 0.4) is 0 Å². The van der Waals surface area contributed by atoms with Gasteiger partial charge in [0.1, 0.15) is 18.2 Å². The molecule has 4 atom stereocenters. The second kappa shape index (κ2) is 14.3. The van der Waals surface area contributed by atoms with Crippen LogP contribution in [0.4, 0.5) is 0 Å². The summed E-state index contributed by atoms with van der Waals surface area (Å²) in [5.41, 5.74) is 2.79. The first-order valence-electron chi connectivity index (χ1n) is 13.7. The van der Waals surface area contributed by atoms with Crippen molar-refractivity contribution in [3.8, 4) is 6.07 Å².